The van der Waals surface area contributed by atoms with Gasteiger partial charge in [0.25, 0.3) is 5.91 Å². The standard InChI is InChI=1S/C14H15N5O5S2.Na/c1-5-3-25-12-8(11(21)19(12)9(5)13(22)23)17-10(20)7(18-24-2)6-4-26-14(15)16-6;/h4,8,12H,3H2,1-2H3,(H2,15,16)(H,17,20)(H,22,23);/q;+1/p-1/b18-7+;/t8-,12-;/m1./s1. The van der Waals surface area contributed by atoms with Crippen LogP contribution in [-0.2, 0) is 14.4 Å². The molecule has 0 unspecified atom stereocenters. The summed E-state index contributed by atoms with van der Waals surface area (Å²) in [5.41, 5.74) is 6.14. The monoisotopic (exact) mass is 419 g/mol. The minimum atomic E-state index is -1.18. The number of aliphatic carboxylic acids is 1. The zero-order valence-corrected chi connectivity index (χ0v) is 18.3. The van der Waals surface area contributed by atoms with Crippen molar-refractivity contribution in [3.63, 3.8) is 0 Å². The number of β-lactam (4-membered cyclic amide) rings is 1. The van der Waals surface area contributed by atoms with Crippen molar-refractivity contribution in [2.45, 2.75) is 18.3 Å². The van der Waals surface area contributed by atoms with E-state index in [1.165, 1.54) is 29.2 Å². The number of hydrogen-bond donors (Lipinski definition) is 2. The molecule has 2 aliphatic heterocycles. The van der Waals surface area contributed by atoms with E-state index in [4.69, 9.17) is 5.73 Å². The van der Waals surface area contributed by atoms with E-state index >= 15 is 0 Å². The largest absolute Gasteiger partial charge is 1.00 e. The summed E-state index contributed by atoms with van der Waals surface area (Å²) >= 11 is 2.48. The number of aromatic nitrogens is 1. The third-order valence-corrected chi connectivity index (χ3v) is 5.82. The van der Waals surface area contributed by atoms with Gasteiger partial charge in [-0.25, -0.2) is 9.78 Å². The fraction of sp³-hybridized carbons (Fsp3) is 0.357. The first-order valence-corrected chi connectivity index (χ1v) is 9.23. The SMILES string of the molecule is CO/N=C(/C([O-])=N[C@@H]1C(=O)N2C(C(=O)O)=C(C)CS[C@H]12)c1csc(N)n1.[Na+]. The summed E-state index contributed by atoms with van der Waals surface area (Å²) in [7, 11) is 1.27. The number of carbonyl (C=O) groups is 2. The van der Waals surface area contributed by atoms with Crippen LogP contribution in [0.1, 0.15) is 12.6 Å². The quantitative estimate of drug-likeness (QED) is 0.164. The average molecular weight is 419 g/mol. The van der Waals surface area contributed by atoms with Crippen LogP contribution in [0.25, 0.3) is 0 Å². The van der Waals surface area contributed by atoms with Crippen LogP contribution in [0.2, 0.25) is 0 Å². The number of thiazole rings is 1. The van der Waals surface area contributed by atoms with Crippen molar-refractivity contribution >= 4 is 51.7 Å². The summed E-state index contributed by atoms with van der Waals surface area (Å²) < 4.78 is 0. The summed E-state index contributed by atoms with van der Waals surface area (Å²) in [5, 5.41) is 26.7. The number of fused-ring (bicyclic) bond motifs is 1. The van der Waals surface area contributed by atoms with Crippen LogP contribution < -0.4 is 40.4 Å². The number of nitrogens with zero attached hydrogens (tertiary/aromatic N) is 4. The van der Waals surface area contributed by atoms with Crippen molar-refractivity contribution in [2.75, 3.05) is 18.6 Å². The van der Waals surface area contributed by atoms with Gasteiger partial charge in [-0.05, 0) is 12.5 Å². The summed E-state index contributed by atoms with van der Waals surface area (Å²) in [6, 6.07) is -0.979. The van der Waals surface area contributed by atoms with Gasteiger partial charge < -0.3 is 20.8 Å². The maximum Gasteiger partial charge on any atom is 1.00 e. The van der Waals surface area contributed by atoms with Crippen LogP contribution in [-0.4, -0.2) is 62.8 Å². The minimum absolute atomic E-state index is 0. The first-order valence-electron chi connectivity index (χ1n) is 7.30. The van der Waals surface area contributed by atoms with E-state index in [0.29, 0.717) is 11.3 Å². The van der Waals surface area contributed by atoms with Gasteiger partial charge in [-0.15, -0.1) is 23.1 Å². The normalized spacial score (nSPS) is 22.7. The molecule has 1 amide bonds. The Morgan fingerprint density at radius 1 is 1.56 bits per heavy atom. The van der Waals surface area contributed by atoms with Crippen molar-refractivity contribution in [2.24, 2.45) is 10.1 Å². The Hall–Kier alpha value is -1.60. The number of nitrogen functional groups attached to an aromatic ring is 1. The third-order valence-electron chi connectivity index (χ3n) is 3.74. The Bertz CT molecular complexity index is 868. The molecule has 3 rings (SSSR count). The van der Waals surface area contributed by atoms with Crippen molar-refractivity contribution in [1.29, 1.82) is 0 Å². The van der Waals surface area contributed by atoms with Gasteiger partial charge in [-0.3, -0.25) is 14.7 Å². The van der Waals surface area contributed by atoms with Crippen LogP contribution in [0.3, 0.4) is 0 Å². The van der Waals surface area contributed by atoms with E-state index in [1.807, 2.05) is 0 Å². The second-order valence-corrected chi connectivity index (χ2v) is 7.41. The van der Waals surface area contributed by atoms with Crippen LogP contribution in [0.4, 0.5) is 5.13 Å². The first-order chi connectivity index (χ1) is 12.3. The van der Waals surface area contributed by atoms with Gasteiger partial charge in [0.2, 0.25) is 0 Å². The van der Waals surface area contributed by atoms with Gasteiger partial charge in [0, 0.05) is 17.0 Å². The van der Waals surface area contributed by atoms with Crippen molar-refractivity contribution in [1.82, 2.24) is 9.88 Å². The molecule has 1 aromatic rings. The zero-order valence-electron chi connectivity index (χ0n) is 14.7. The molecule has 27 heavy (non-hydrogen) atoms. The molecule has 2 aliphatic rings. The molecular weight excluding hydrogens is 405 g/mol. The van der Waals surface area contributed by atoms with E-state index in [2.05, 4.69) is 20.0 Å². The average Bonchev–Trinajstić information content (AvgIpc) is 3.02. The number of nitrogens with two attached hydrogens (primary N) is 1. The molecule has 10 nitrogen and oxygen atoms in total. The van der Waals surface area contributed by atoms with Crippen LogP contribution in [0, 0.1) is 0 Å². The van der Waals surface area contributed by atoms with E-state index < -0.39 is 29.2 Å². The van der Waals surface area contributed by atoms with E-state index in [9.17, 15) is 19.8 Å². The Morgan fingerprint density at radius 3 is 2.81 bits per heavy atom. The minimum Gasteiger partial charge on any atom is -0.857 e. The number of thioether (sulfide) groups is 1. The molecule has 0 aromatic carbocycles. The molecule has 3 heterocycles. The van der Waals surface area contributed by atoms with E-state index in [1.54, 1.807) is 6.92 Å². The van der Waals surface area contributed by atoms with Crippen molar-refractivity contribution < 1.29 is 54.2 Å². The fourth-order valence-corrected chi connectivity index (χ4v) is 4.43. The summed E-state index contributed by atoms with van der Waals surface area (Å²) in [6.07, 6.45) is 0. The Morgan fingerprint density at radius 2 is 2.26 bits per heavy atom. The van der Waals surface area contributed by atoms with Crippen LogP contribution >= 0.6 is 23.1 Å². The summed E-state index contributed by atoms with van der Waals surface area (Å²) in [5.74, 6) is -2.05. The molecule has 2 atom stereocenters. The molecule has 1 saturated heterocycles. The van der Waals surface area contributed by atoms with Gasteiger partial charge >= 0.3 is 35.5 Å². The molecule has 0 aliphatic carbocycles. The fourth-order valence-electron chi connectivity index (χ4n) is 2.61. The number of hydrogen-bond acceptors (Lipinski definition) is 10. The number of anilines is 1. The third kappa shape index (κ3) is 3.99. The van der Waals surface area contributed by atoms with E-state index in [0.717, 1.165) is 11.3 Å². The maximum absolute atomic E-state index is 12.5. The first kappa shape index (κ1) is 21.7. The number of amides is 1. The van der Waals surface area contributed by atoms with Gasteiger partial charge in [-0.2, -0.15) is 0 Å². The number of oxime groups is 1. The molecular formula is C14H14N5NaO5S2. The van der Waals surface area contributed by atoms with Crippen LogP contribution in [0.5, 0.6) is 0 Å². The molecule has 1 aromatic heterocycles. The second kappa shape index (κ2) is 8.61. The maximum atomic E-state index is 12.5. The van der Waals surface area contributed by atoms with Crippen molar-refractivity contribution in [3.8, 4) is 0 Å². The summed E-state index contributed by atoms with van der Waals surface area (Å²) in [6.45, 7) is 1.66. The predicted molar refractivity (Wildman–Crippen MR) is 94.7 cm³/mol. The number of carbonyl (C=O) groups excluding carboxylic acids is 1. The van der Waals surface area contributed by atoms with Crippen molar-refractivity contribution in [3.05, 3.63) is 22.3 Å². The molecule has 0 radical (unpaired) electrons. The molecule has 138 valence electrons. The van der Waals surface area contributed by atoms with Gasteiger partial charge in [0.15, 0.2) is 11.2 Å². The molecule has 1 fully saturated rings. The van der Waals surface area contributed by atoms with Crippen LogP contribution in [0.15, 0.2) is 26.8 Å². The molecule has 0 spiro atoms. The second-order valence-electron chi connectivity index (χ2n) is 5.42. The van der Waals surface area contributed by atoms with Gasteiger partial charge in [0.05, 0.1) is 0 Å². The van der Waals surface area contributed by atoms with Gasteiger partial charge in [-0.1, -0.05) is 5.16 Å². The smallest absolute Gasteiger partial charge is 0.857 e. The zero-order chi connectivity index (χ0) is 19.0. The number of carboxylic acids is 1. The topological polar surface area (TPSA) is 154 Å². The Balaban J connectivity index is 0.00000261. The molecule has 3 N–H and O–H groups in total. The molecule has 0 saturated carbocycles. The Kier molecular flexibility index (Phi) is 6.92. The summed E-state index contributed by atoms with van der Waals surface area (Å²) in [4.78, 5) is 37.5. The predicted octanol–water partition coefficient (Wildman–Crippen LogP) is -3.52. The Labute approximate surface area is 184 Å². The number of rotatable bonds is 5. The molecule has 0 bridgehead atoms. The van der Waals surface area contributed by atoms with Gasteiger partial charge in [0.1, 0.15) is 29.6 Å². The van der Waals surface area contributed by atoms with E-state index in [-0.39, 0.29) is 51.8 Å². The number of aliphatic imine (C=N–C) groups is 1. The number of carboxylic acid groups (broad SMARTS) is 1. The molecule has 13 heteroatoms.